The van der Waals surface area contributed by atoms with E-state index in [4.69, 9.17) is 10.8 Å². The number of nitrogens with two attached hydrogens (primary N) is 1. The molecule has 5 nitrogen and oxygen atoms in total. The zero-order chi connectivity index (χ0) is 18.3. The van der Waals surface area contributed by atoms with Gasteiger partial charge in [0.05, 0.1) is 12.7 Å². The van der Waals surface area contributed by atoms with Gasteiger partial charge in [-0.15, -0.1) is 0 Å². The highest BCUT2D eigenvalue weighted by atomic mass is 16.3. The molecule has 0 spiro atoms. The van der Waals surface area contributed by atoms with Gasteiger partial charge in [-0.05, 0) is 43.6 Å². The van der Waals surface area contributed by atoms with Crippen molar-refractivity contribution in [1.29, 1.82) is 0 Å². The fourth-order valence-corrected chi connectivity index (χ4v) is 2.93. The van der Waals surface area contributed by atoms with Crippen molar-refractivity contribution in [2.24, 2.45) is 5.73 Å². The Kier molecular flexibility index (Phi) is 12.3. The smallest absolute Gasteiger partial charge is 0.121 e. The normalized spacial score (nSPS) is 12.4. The van der Waals surface area contributed by atoms with Crippen LogP contribution in [0.5, 0.6) is 5.75 Å². The maximum Gasteiger partial charge on any atom is 0.121 e. The molecule has 1 rings (SSSR count). The minimum atomic E-state index is -0.626. The quantitative estimate of drug-likeness (QED) is 0.313. The van der Waals surface area contributed by atoms with Crippen molar-refractivity contribution in [2.45, 2.75) is 70.5 Å². The summed E-state index contributed by atoms with van der Waals surface area (Å²) in [5, 5.41) is 32.1. The Morgan fingerprint density at radius 2 is 1.52 bits per heavy atom. The molecule has 0 aliphatic rings. The number of aliphatic hydroxyl groups excluding tert-OH is 2. The molecule has 5 heteroatoms. The lowest BCUT2D eigenvalue weighted by Gasteiger charge is -2.14. The van der Waals surface area contributed by atoms with Crippen LogP contribution in [0.3, 0.4) is 0 Å². The van der Waals surface area contributed by atoms with Gasteiger partial charge in [-0.3, -0.25) is 0 Å². The van der Waals surface area contributed by atoms with Gasteiger partial charge in [-0.1, -0.05) is 51.0 Å². The van der Waals surface area contributed by atoms with Crippen molar-refractivity contribution < 1.29 is 15.3 Å². The average Bonchev–Trinajstić information content (AvgIpc) is 2.62. The summed E-state index contributed by atoms with van der Waals surface area (Å²) in [5.41, 5.74) is 6.63. The van der Waals surface area contributed by atoms with Crippen LogP contribution in [-0.4, -0.2) is 35.0 Å². The lowest BCUT2D eigenvalue weighted by atomic mass is 10.1. The summed E-state index contributed by atoms with van der Waals surface area (Å²) in [7, 11) is 0. The van der Waals surface area contributed by atoms with Crippen molar-refractivity contribution in [3.63, 3.8) is 0 Å². The minimum absolute atomic E-state index is 0.0609. The Hall–Kier alpha value is -1.14. The number of nitrogens with one attached hydrogen (secondary N) is 1. The summed E-state index contributed by atoms with van der Waals surface area (Å²) in [6.45, 7) is 1.97. The molecule has 0 saturated heterocycles. The van der Waals surface area contributed by atoms with E-state index in [2.05, 4.69) is 5.32 Å². The van der Waals surface area contributed by atoms with Crippen LogP contribution in [0.2, 0.25) is 0 Å². The Balaban J connectivity index is 2.00. The molecular formula is C20H36N2O3. The molecule has 1 aromatic carbocycles. The molecule has 0 aliphatic carbocycles. The Morgan fingerprint density at radius 1 is 0.920 bits per heavy atom. The maximum atomic E-state index is 10.2. The van der Waals surface area contributed by atoms with Gasteiger partial charge in [-0.2, -0.15) is 0 Å². The molecule has 1 unspecified atom stereocenters. The van der Waals surface area contributed by atoms with Crippen molar-refractivity contribution >= 4 is 0 Å². The van der Waals surface area contributed by atoms with Crippen LogP contribution in [0.4, 0.5) is 0 Å². The average molecular weight is 353 g/mol. The molecule has 25 heavy (non-hydrogen) atoms. The van der Waals surface area contributed by atoms with Crippen LogP contribution in [-0.2, 0) is 6.61 Å². The Morgan fingerprint density at radius 3 is 2.12 bits per heavy atom. The van der Waals surface area contributed by atoms with Crippen LogP contribution in [0, 0.1) is 0 Å². The van der Waals surface area contributed by atoms with Crippen molar-refractivity contribution in [3.05, 3.63) is 29.3 Å². The monoisotopic (exact) mass is 352 g/mol. The highest BCUT2D eigenvalue weighted by molar-refractivity contribution is 5.36. The zero-order valence-corrected chi connectivity index (χ0v) is 15.4. The highest BCUT2D eigenvalue weighted by Crippen LogP contribution is 2.22. The zero-order valence-electron chi connectivity index (χ0n) is 15.4. The van der Waals surface area contributed by atoms with Crippen molar-refractivity contribution in [1.82, 2.24) is 5.32 Å². The third kappa shape index (κ3) is 9.80. The first-order chi connectivity index (χ1) is 12.2. The van der Waals surface area contributed by atoms with Crippen LogP contribution >= 0.6 is 0 Å². The van der Waals surface area contributed by atoms with Crippen LogP contribution in [0.25, 0.3) is 0 Å². The molecular weight excluding hydrogens is 316 g/mol. The summed E-state index contributed by atoms with van der Waals surface area (Å²) in [5.74, 6) is 0.0609. The first kappa shape index (κ1) is 21.9. The van der Waals surface area contributed by atoms with Crippen molar-refractivity contribution in [2.75, 3.05) is 19.6 Å². The number of aliphatic hydroxyl groups is 2. The van der Waals surface area contributed by atoms with E-state index < -0.39 is 6.10 Å². The number of phenols is 1. The Labute approximate surface area is 152 Å². The molecule has 0 fully saturated rings. The van der Waals surface area contributed by atoms with E-state index in [1.54, 1.807) is 12.1 Å². The molecule has 0 saturated carbocycles. The molecule has 0 bridgehead atoms. The molecule has 1 aromatic rings. The molecule has 0 amide bonds. The minimum Gasteiger partial charge on any atom is -0.508 e. The van der Waals surface area contributed by atoms with E-state index in [-0.39, 0.29) is 12.4 Å². The third-order valence-electron chi connectivity index (χ3n) is 4.55. The molecule has 144 valence electrons. The topological polar surface area (TPSA) is 98.7 Å². The summed E-state index contributed by atoms with van der Waals surface area (Å²) in [6.07, 6.45) is 10.7. The lowest BCUT2D eigenvalue weighted by molar-refractivity contribution is 0.174. The van der Waals surface area contributed by atoms with Crippen LogP contribution in [0.1, 0.15) is 75.0 Å². The van der Waals surface area contributed by atoms with E-state index in [9.17, 15) is 10.2 Å². The third-order valence-corrected chi connectivity index (χ3v) is 4.55. The lowest BCUT2D eigenvalue weighted by Crippen LogP contribution is -2.22. The SMILES string of the molecule is NCCCCCCCCCCCNCC(O)c1ccc(O)c(CO)c1. The van der Waals surface area contributed by atoms with Crippen LogP contribution in [0.15, 0.2) is 18.2 Å². The second-order valence-corrected chi connectivity index (χ2v) is 6.74. The van der Waals surface area contributed by atoms with Crippen molar-refractivity contribution in [3.8, 4) is 5.75 Å². The van der Waals surface area contributed by atoms with Gasteiger partial charge in [0.1, 0.15) is 5.75 Å². The summed E-state index contributed by atoms with van der Waals surface area (Å²) >= 11 is 0. The highest BCUT2D eigenvalue weighted by Gasteiger charge is 2.09. The maximum absolute atomic E-state index is 10.2. The number of aromatic hydroxyl groups is 1. The van der Waals surface area contributed by atoms with Gasteiger partial charge in [-0.25, -0.2) is 0 Å². The van der Waals surface area contributed by atoms with Crippen LogP contribution < -0.4 is 11.1 Å². The fourth-order valence-electron chi connectivity index (χ4n) is 2.93. The number of rotatable bonds is 15. The molecule has 6 N–H and O–H groups in total. The van der Waals surface area contributed by atoms with E-state index in [1.165, 1.54) is 51.0 Å². The van der Waals surface area contributed by atoms with E-state index in [0.29, 0.717) is 17.7 Å². The van der Waals surface area contributed by atoms with E-state index >= 15 is 0 Å². The number of hydrogen-bond donors (Lipinski definition) is 5. The number of benzene rings is 1. The van der Waals surface area contributed by atoms with E-state index in [1.807, 2.05) is 0 Å². The molecule has 0 heterocycles. The largest absolute Gasteiger partial charge is 0.508 e. The molecule has 0 aliphatic heterocycles. The fraction of sp³-hybridized carbons (Fsp3) is 0.700. The van der Waals surface area contributed by atoms with Gasteiger partial charge in [0.15, 0.2) is 0 Å². The summed E-state index contributed by atoms with van der Waals surface area (Å²) in [4.78, 5) is 0. The molecule has 1 atom stereocenters. The predicted molar refractivity (Wildman–Crippen MR) is 102 cm³/mol. The van der Waals surface area contributed by atoms with Gasteiger partial charge >= 0.3 is 0 Å². The van der Waals surface area contributed by atoms with Gasteiger partial charge < -0.3 is 26.4 Å². The van der Waals surface area contributed by atoms with Gasteiger partial charge in [0.25, 0.3) is 0 Å². The molecule has 0 aromatic heterocycles. The Bertz CT molecular complexity index is 455. The van der Waals surface area contributed by atoms with Gasteiger partial charge in [0, 0.05) is 12.1 Å². The molecule has 0 radical (unpaired) electrons. The first-order valence-corrected chi connectivity index (χ1v) is 9.70. The summed E-state index contributed by atoms with van der Waals surface area (Å²) < 4.78 is 0. The second-order valence-electron chi connectivity index (χ2n) is 6.74. The number of hydrogen-bond acceptors (Lipinski definition) is 5. The van der Waals surface area contributed by atoms with Gasteiger partial charge in [0.2, 0.25) is 0 Å². The second kappa shape index (κ2) is 14.1. The first-order valence-electron chi connectivity index (χ1n) is 9.70. The predicted octanol–water partition coefficient (Wildman–Crippen LogP) is 2.98. The van der Waals surface area contributed by atoms with E-state index in [0.717, 1.165) is 25.9 Å². The number of unbranched alkanes of at least 4 members (excludes halogenated alkanes) is 8. The summed E-state index contributed by atoms with van der Waals surface area (Å²) in [6, 6.07) is 4.85. The standard InChI is InChI=1S/C20H36N2O3/c21-12-8-6-4-2-1-3-5-7-9-13-22-15-20(25)17-10-11-19(24)18(14-17)16-23/h10-11,14,20,22-25H,1-9,12-13,15-16,21H2.